The van der Waals surface area contributed by atoms with Crippen LogP contribution >= 0.6 is 0 Å². The summed E-state index contributed by atoms with van der Waals surface area (Å²) in [6, 6.07) is 11.5. The molecule has 1 aromatic carbocycles. The van der Waals surface area contributed by atoms with Crippen LogP contribution in [0.25, 0.3) is 0 Å². The molecule has 1 N–H and O–H groups in total. The Morgan fingerprint density at radius 2 is 2.00 bits per heavy atom. The van der Waals surface area contributed by atoms with Crippen molar-refractivity contribution in [3.8, 4) is 0 Å². The highest BCUT2D eigenvalue weighted by molar-refractivity contribution is 5.16. The number of hydrogen-bond acceptors (Lipinski definition) is 3. The molecule has 2 saturated heterocycles. The molecule has 3 heteroatoms. The third-order valence-electron chi connectivity index (χ3n) is 4.90. The first-order chi connectivity index (χ1) is 10.3. The third kappa shape index (κ3) is 4.53. The molecule has 21 heavy (non-hydrogen) atoms. The zero-order chi connectivity index (χ0) is 14.5. The molecule has 3 rings (SSSR count). The van der Waals surface area contributed by atoms with E-state index in [0.717, 1.165) is 18.9 Å². The number of piperidine rings is 1. The highest BCUT2D eigenvalue weighted by Gasteiger charge is 2.24. The van der Waals surface area contributed by atoms with Gasteiger partial charge in [0.15, 0.2) is 0 Å². The van der Waals surface area contributed by atoms with E-state index in [1.807, 2.05) is 0 Å². The molecule has 2 aliphatic rings. The van der Waals surface area contributed by atoms with Crippen LogP contribution < -0.4 is 5.32 Å². The van der Waals surface area contributed by atoms with Gasteiger partial charge in [0.25, 0.3) is 0 Å². The molecule has 0 saturated carbocycles. The van der Waals surface area contributed by atoms with Gasteiger partial charge in [-0.2, -0.15) is 0 Å². The van der Waals surface area contributed by atoms with E-state index < -0.39 is 0 Å². The number of nitrogens with zero attached hydrogens (tertiary/aromatic N) is 2. The molecule has 2 aliphatic heterocycles. The maximum Gasteiger partial charge on any atom is 0.0235 e. The number of hydrogen-bond donors (Lipinski definition) is 1. The molecule has 0 aromatic heterocycles. The fourth-order valence-electron chi connectivity index (χ4n) is 3.88. The number of piperazine rings is 1. The molecule has 0 spiro atoms. The molecule has 116 valence electrons. The fourth-order valence-corrected chi connectivity index (χ4v) is 3.88. The minimum atomic E-state index is 0.613. The van der Waals surface area contributed by atoms with Crippen molar-refractivity contribution in [3.05, 3.63) is 35.9 Å². The van der Waals surface area contributed by atoms with Gasteiger partial charge >= 0.3 is 0 Å². The predicted molar refractivity (Wildman–Crippen MR) is 88.6 cm³/mol. The minimum Gasteiger partial charge on any atom is -0.311 e. The Morgan fingerprint density at radius 3 is 2.81 bits per heavy atom. The zero-order valence-corrected chi connectivity index (χ0v) is 13.3. The number of likely N-dealkylation sites (tertiary alicyclic amines) is 1. The van der Waals surface area contributed by atoms with Crippen LogP contribution in [-0.4, -0.2) is 62.2 Å². The van der Waals surface area contributed by atoms with Crippen molar-refractivity contribution in [1.29, 1.82) is 0 Å². The first kappa shape index (κ1) is 15.0. The third-order valence-corrected chi connectivity index (χ3v) is 4.90. The summed E-state index contributed by atoms with van der Waals surface area (Å²) in [5.74, 6) is 0.874. The van der Waals surface area contributed by atoms with Crippen molar-refractivity contribution in [2.75, 3.05) is 46.3 Å². The lowest BCUT2D eigenvalue weighted by molar-refractivity contribution is 0.127. The average Bonchev–Trinajstić information content (AvgIpc) is 2.49. The van der Waals surface area contributed by atoms with E-state index in [0.29, 0.717) is 6.04 Å². The lowest BCUT2D eigenvalue weighted by Crippen LogP contribution is -2.53. The Balaban J connectivity index is 1.49. The highest BCUT2D eigenvalue weighted by Crippen LogP contribution is 2.17. The monoisotopic (exact) mass is 287 g/mol. The SMILES string of the molecule is CN1CCCC(CN2CCNC(Cc3ccccc3)C2)C1. The quantitative estimate of drug-likeness (QED) is 0.912. The van der Waals surface area contributed by atoms with Gasteiger partial charge in [-0.25, -0.2) is 0 Å². The Kier molecular flexibility index (Phi) is 5.28. The molecular weight excluding hydrogens is 258 g/mol. The van der Waals surface area contributed by atoms with Crippen molar-refractivity contribution in [2.45, 2.75) is 25.3 Å². The maximum absolute atomic E-state index is 3.69. The molecule has 1 aromatic rings. The lowest BCUT2D eigenvalue weighted by Gasteiger charge is -2.38. The zero-order valence-electron chi connectivity index (χ0n) is 13.3. The van der Waals surface area contributed by atoms with Crippen molar-refractivity contribution < 1.29 is 0 Å². The van der Waals surface area contributed by atoms with Gasteiger partial charge in [0.1, 0.15) is 0 Å². The molecule has 2 atom stereocenters. The van der Waals surface area contributed by atoms with Crippen LogP contribution in [0.1, 0.15) is 18.4 Å². The van der Waals surface area contributed by atoms with Gasteiger partial charge in [-0.3, -0.25) is 0 Å². The van der Waals surface area contributed by atoms with Crippen LogP contribution in [0.15, 0.2) is 30.3 Å². The Hall–Kier alpha value is -0.900. The first-order valence-corrected chi connectivity index (χ1v) is 8.48. The second-order valence-corrected chi connectivity index (χ2v) is 6.87. The summed E-state index contributed by atoms with van der Waals surface area (Å²) in [4.78, 5) is 5.19. The normalized spacial score (nSPS) is 28.6. The summed E-state index contributed by atoms with van der Waals surface area (Å²) >= 11 is 0. The van der Waals surface area contributed by atoms with Crippen LogP contribution in [0.2, 0.25) is 0 Å². The number of nitrogens with one attached hydrogen (secondary N) is 1. The van der Waals surface area contributed by atoms with Crippen molar-refractivity contribution in [3.63, 3.8) is 0 Å². The maximum atomic E-state index is 3.69. The summed E-state index contributed by atoms with van der Waals surface area (Å²) < 4.78 is 0. The molecule has 2 unspecified atom stereocenters. The van der Waals surface area contributed by atoms with Gasteiger partial charge in [0, 0.05) is 38.8 Å². The average molecular weight is 287 g/mol. The van der Waals surface area contributed by atoms with Gasteiger partial charge in [-0.05, 0) is 44.3 Å². The Morgan fingerprint density at radius 1 is 1.14 bits per heavy atom. The number of benzene rings is 1. The highest BCUT2D eigenvalue weighted by atomic mass is 15.2. The van der Waals surface area contributed by atoms with E-state index in [4.69, 9.17) is 0 Å². The van der Waals surface area contributed by atoms with Crippen molar-refractivity contribution in [2.24, 2.45) is 5.92 Å². The summed E-state index contributed by atoms with van der Waals surface area (Å²) in [5.41, 5.74) is 1.45. The molecule has 2 fully saturated rings. The van der Waals surface area contributed by atoms with Crippen LogP contribution in [0.5, 0.6) is 0 Å². The molecule has 0 aliphatic carbocycles. The Labute approximate surface area is 129 Å². The second kappa shape index (κ2) is 7.39. The molecule has 0 amide bonds. The number of rotatable bonds is 4. The fraction of sp³-hybridized carbons (Fsp3) is 0.667. The van der Waals surface area contributed by atoms with Crippen LogP contribution in [0, 0.1) is 5.92 Å². The molecule has 0 bridgehead atoms. The van der Waals surface area contributed by atoms with Crippen LogP contribution in [0.3, 0.4) is 0 Å². The first-order valence-electron chi connectivity index (χ1n) is 8.48. The standard InChI is InChI=1S/C18H29N3/c1-20-10-5-8-17(13-20)14-21-11-9-19-18(15-21)12-16-6-3-2-4-7-16/h2-4,6-7,17-19H,5,8-15H2,1H3. The predicted octanol–water partition coefficient (Wildman–Crippen LogP) is 1.84. The van der Waals surface area contributed by atoms with Gasteiger partial charge in [-0.1, -0.05) is 30.3 Å². The summed E-state index contributed by atoms with van der Waals surface area (Å²) in [6.45, 7) is 7.42. The minimum absolute atomic E-state index is 0.613. The largest absolute Gasteiger partial charge is 0.311 e. The van der Waals surface area contributed by atoms with Gasteiger partial charge in [0.05, 0.1) is 0 Å². The second-order valence-electron chi connectivity index (χ2n) is 6.87. The van der Waals surface area contributed by atoms with Crippen LogP contribution in [-0.2, 0) is 6.42 Å². The van der Waals surface area contributed by atoms with E-state index in [2.05, 4.69) is 52.5 Å². The smallest absolute Gasteiger partial charge is 0.0235 e. The lowest BCUT2D eigenvalue weighted by atomic mass is 9.96. The van der Waals surface area contributed by atoms with Crippen LogP contribution in [0.4, 0.5) is 0 Å². The van der Waals surface area contributed by atoms with E-state index >= 15 is 0 Å². The van der Waals surface area contributed by atoms with E-state index in [1.54, 1.807) is 0 Å². The molecule has 3 nitrogen and oxygen atoms in total. The molecule has 2 heterocycles. The summed E-state index contributed by atoms with van der Waals surface area (Å²) in [6.07, 6.45) is 3.94. The van der Waals surface area contributed by atoms with Crippen molar-refractivity contribution >= 4 is 0 Å². The van der Waals surface area contributed by atoms with Gasteiger partial charge in [-0.15, -0.1) is 0 Å². The van der Waals surface area contributed by atoms with E-state index in [1.165, 1.54) is 51.1 Å². The summed E-state index contributed by atoms with van der Waals surface area (Å²) in [5, 5.41) is 3.69. The van der Waals surface area contributed by atoms with Crippen molar-refractivity contribution in [1.82, 2.24) is 15.1 Å². The van der Waals surface area contributed by atoms with Gasteiger partial charge < -0.3 is 15.1 Å². The van der Waals surface area contributed by atoms with Gasteiger partial charge in [0.2, 0.25) is 0 Å². The topological polar surface area (TPSA) is 18.5 Å². The van der Waals surface area contributed by atoms with E-state index in [9.17, 15) is 0 Å². The van der Waals surface area contributed by atoms with E-state index in [-0.39, 0.29) is 0 Å². The summed E-state index contributed by atoms with van der Waals surface area (Å²) in [7, 11) is 2.27. The Bertz CT molecular complexity index is 420. The molecular formula is C18H29N3. The molecule has 0 radical (unpaired) electrons.